The largest absolute Gasteiger partial charge is 0.466 e. The van der Waals surface area contributed by atoms with Crippen LogP contribution in [-0.4, -0.2) is 61.4 Å². The number of hydrogen-bond acceptors (Lipinski definition) is 6. The average Bonchev–Trinajstić information content (AvgIpc) is 3.13. The van der Waals surface area contributed by atoms with E-state index in [4.69, 9.17) is 9.47 Å². The highest BCUT2D eigenvalue weighted by Gasteiger charge is 2.28. The van der Waals surface area contributed by atoms with Gasteiger partial charge in [-0.2, -0.15) is 0 Å². The minimum absolute atomic E-state index is 0.0157. The van der Waals surface area contributed by atoms with Crippen LogP contribution in [0, 0.1) is 11.3 Å². The molecular weight excluding hydrogens is 647 g/mol. The molecule has 0 aliphatic carbocycles. The van der Waals surface area contributed by atoms with Crippen molar-refractivity contribution in [3.05, 3.63) is 0 Å². The van der Waals surface area contributed by atoms with Crippen LogP contribution in [0.15, 0.2) is 0 Å². The number of aliphatic hydroxyl groups is 1. The average molecular weight is 738 g/mol. The highest BCUT2D eigenvalue weighted by atomic mass is 16.5. The van der Waals surface area contributed by atoms with Gasteiger partial charge < -0.3 is 19.5 Å². The van der Waals surface area contributed by atoms with Crippen molar-refractivity contribution < 1.29 is 24.2 Å². The Hall–Kier alpha value is -1.14. The Labute approximate surface area is 324 Å². The van der Waals surface area contributed by atoms with Gasteiger partial charge in [-0.25, -0.2) is 0 Å². The van der Waals surface area contributed by atoms with E-state index in [1.54, 1.807) is 0 Å². The second-order valence-electron chi connectivity index (χ2n) is 16.7. The van der Waals surface area contributed by atoms with E-state index in [2.05, 4.69) is 39.5 Å². The molecule has 0 fully saturated rings. The number of esters is 2. The Morgan fingerprint density at radius 1 is 0.519 bits per heavy atom. The van der Waals surface area contributed by atoms with Crippen molar-refractivity contribution in [2.24, 2.45) is 11.3 Å². The molecule has 0 spiro atoms. The molecule has 1 N–H and O–H groups in total. The molecule has 6 nitrogen and oxygen atoms in total. The fraction of sp³-hybridized carbons (Fsp3) is 0.957. The molecule has 0 saturated carbocycles. The van der Waals surface area contributed by atoms with E-state index in [0.29, 0.717) is 25.6 Å². The van der Waals surface area contributed by atoms with Crippen molar-refractivity contribution in [1.82, 2.24) is 4.90 Å². The van der Waals surface area contributed by atoms with Crippen molar-refractivity contribution in [3.63, 3.8) is 0 Å². The molecule has 0 heterocycles. The monoisotopic (exact) mass is 738 g/mol. The summed E-state index contributed by atoms with van der Waals surface area (Å²) in [4.78, 5) is 27.6. The van der Waals surface area contributed by atoms with Crippen LogP contribution in [-0.2, 0) is 19.1 Å². The van der Waals surface area contributed by atoms with Gasteiger partial charge in [0.1, 0.15) is 0 Å². The fourth-order valence-corrected chi connectivity index (χ4v) is 7.26. The molecule has 0 aliphatic rings. The fourth-order valence-electron chi connectivity index (χ4n) is 7.26. The molecule has 6 heteroatoms. The lowest BCUT2D eigenvalue weighted by atomic mass is 9.87. The molecule has 0 aromatic rings. The van der Waals surface area contributed by atoms with E-state index in [0.717, 1.165) is 83.8 Å². The Morgan fingerprint density at radius 2 is 0.981 bits per heavy atom. The van der Waals surface area contributed by atoms with Gasteiger partial charge in [0.15, 0.2) is 0 Å². The lowest BCUT2D eigenvalue weighted by Gasteiger charge is -2.24. The maximum atomic E-state index is 13.0. The topological polar surface area (TPSA) is 76.1 Å². The quantitative estimate of drug-likeness (QED) is 0.0497. The van der Waals surface area contributed by atoms with Gasteiger partial charge in [-0.15, -0.1) is 0 Å². The second kappa shape index (κ2) is 38.1. The third-order valence-electron chi connectivity index (χ3n) is 11.0. The molecule has 0 aromatic carbocycles. The second-order valence-corrected chi connectivity index (χ2v) is 16.7. The van der Waals surface area contributed by atoms with Crippen LogP contribution in [0.3, 0.4) is 0 Å². The zero-order valence-electron chi connectivity index (χ0n) is 35.8. The van der Waals surface area contributed by atoms with Crippen LogP contribution < -0.4 is 0 Å². The first-order valence-electron chi connectivity index (χ1n) is 23.0. The van der Waals surface area contributed by atoms with Gasteiger partial charge in [0.25, 0.3) is 0 Å². The number of carbonyl (C=O) groups is 2. The summed E-state index contributed by atoms with van der Waals surface area (Å²) in [5.41, 5.74) is -0.414. The number of aliphatic hydroxyl groups excluding tert-OH is 1. The summed E-state index contributed by atoms with van der Waals surface area (Å²) >= 11 is 0. The van der Waals surface area contributed by atoms with E-state index < -0.39 is 5.41 Å². The highest BCUT2D eigenvalue weighted by molar-refractivity contribution is 5.75. The molecule has 310 valence electrons. The van der Waals surface area contributed by atoms with Crippen LogP contribution in [0.4, 0.5) is 0 Å². The van der Waals surface area contributed by atoms with E-state index in [9.17, 15) is 14.7 Å². The molecule has 0 atom stereocenters. The Balaban J connectivity index is 4.16. The Kier molecular flexibility index (Phi) is 37.3. The third kappa shape index (κ3) is 33.4. The first-order chi connectivity index (χ1) is 25.3. The van der Waals surface area contributed by atoms with Gasteiger partial charge in [0.05, 0.1) is 18.6 Å². The van der Waals surface area contributed by atoms with Crippen LogP contribution in [0.5, 0.6) is 0 Å². The van der Waals surface area contributed by atoms with Crippen molar-refractivity contribution >= 4 is 11.9 Å². The first kappa shape index (κ1) is 50.9. The first-order valence-corrected chi connectivity index (χ1v) is 23.0. The smallest absolute Gasteiger partial charge is 0.311 e. The van der Waals surface area contributed by atoms with Gasteiger partial charge in [-0.05, 0) is 90.8 Å². The predicted octanol–water partition coefficient (Wildman–Crippen LogP) is 13.2. The van der Waals surface area contributed by atoms with Crippen LogP contribution in [0.25, 0.3) is 0 Å². The summed E-state index contributed by atoms with van der Waals surface area (Å²) in [7, 11) is 0. The maximum Gasteiger partial charge on any atom is 0.311 e. The molecule has 0 radical (unpaired) electrons. The summed E-state index contributed by atoms with van der Waals surface area (Å²) in [6, 6.07) is 0. The van der Waals surface area contributed by atoms with Crippen molar-refractivity contribution in [2.45, 2.75) is 234 Å². The molecule has 0 saturated heterocycles. The SMILES string of the molecule is CCCCCCCCCC(=O)OCCCCCCCN(CCCCO)CCCCCCC(C)(C)C(=O)OCCC(CCCCCC)CCCCCC. The lowest BCUT2D eigenvalue weighted by Crippen LogP contribution is -2.28. The molecule has 0 unspecified atom stereocenters. The molecular formula is C46H91NO5. The summed E-state index contributed by atoms with van der Waals surface area (Å²) < 4.78 is 11.3. The van der Waals surface area contributed by atoms with E-state index >= 15 is 0 Å². The molecule has 0 rings (SSSR count). The van der Waals surface area contributed by atoms with Gasteiger partial charge in [0.2, 0.25) is 0 Å². The number of nitrogens with zero attached hydrogens (tertiary/aromatic N) is 1. The number of ether oxygens (including phenoxy) is 2. The standard InChI is InChI=1S/C46H91NO5/c1-6-9-12-15-16-18-25-34-44(49)51-41-31-22-17-20-27-37-47(39-29-30-40-48)38-28-21-19-26-36-46(4,5)45(50)52-42-35-43(32-23-13-10-7-2)33-24-14-11-8-3/h43,48H,6-42H2,1-5H3. The minimum Gasteiger partial charge on any atom is -0.466 e. The number of rotatable bonds is 41. The van der Waals surface area contributed by atoms with Gasteiger partial charge in [-0.1, -0.05) is 162 Å². The van der Waals surface area contributed by atoms with Crippen molar-refractivity contribution in [1.29, 1.82) is 0 Å². The van der Waals surface area contributed by atoms with Gasteiger partial charge >= 0.3 is 11.9 Å². The zero-order chi connectivity index (χ0) is 38.4. The third-order valence-corrected chi connectivity index (χ3v) is 11.0. The molecule has 0 aliphatic heterocycles. The summed E-state index contributed by atoms with van der Waals surface area (Å²) in [6.45, 7) is 15.6. The molecule has 0 amide bonds. The van der Waals surface area contributed by atoms with Crippen LogP contribution >= 0.6 is 0 Å². The Bertz CT molecular complexity index is 760. The van der Waals surface area contributed by atoms with E-state index in [-0.39, 0.29) is 18.5 Å². The number of carbonyl (C=O) groups excluding carboxylic acids is 2. The number of unbranched alkanes of at least 4 members (excludes halogenated alkanes) is 20. The predicted molar refractivity (Wildman–Crippen MR) is 223 cm³/mol. The summed E-state index contributed by atoms with van der Waals surface area (Å²) in [5, 5.41) is 9.28. The van der Waals surface area contributed by atoms with Crippen LogP contribution in [0.1, 0.15) is 234 Å². The minimum atomic E-state index is -0.414. The molecule has 0 aromatic heterocycles. The summed E-state index contributed by atoms with van der Waals surface area (Å²) in [5.74, 6) is 0.659. The lowest BCUT2D eigenvalue weighted by molar-refractivity contribution is -0.154. The highest BCUT2D eigenvalue weighted by Crippen LogP contribution is 2.27. The summed E-state index contributed by atoms with van der Waals surface area (Å²) in [6.07, 6.45) is 36.3. The van der Waals surface area contributed by atoms with Gasteiger partial charge in [0, 0.05) is 13.0 Å². The molecule has 0 bridgehead atoms. The van der Waals surface area contributed by atoms with E-state index in [1.165, 1.54) is 128 Å². The number of hydrogen-bond donors (Lipinski definition) is 1. The van der Waals surface area contributed by atoms with Crippen molar-refractivity contribution in [2.75, 3.05) is 39.5 Å². The normalized spacial score (nSPS) is 11.9. The van der Waals surface area contributed by atoms with Gasteiger partial charge in [-0.3, -0.25) is 9.59 Å². The van der Waals surface area contributed by atoms with Crippen molar-refractivity contribution in [3.8, 4) is 0 Å². The van der Waals surface area contributed by atoms with Crippen LogP contribution in [0.2, 0.25) is 0 Å². The van der Waals surface area contributed by atoms with E-state index in [1.807, 2.05) is 0 Å². The maximum absolute atomic E-state index is 13.0. The Morgan fingerprint density at radius 3 is 1.54 bits per heavy atom. The zero-order valence-corrected chi connectivity index (χ0v) is 35.8. The molecule has 52 heavy (non-hydrogen) atoms.